The highest BCUT2D eigenvalue weighted by molar-refractivity contribution is 7.47. The van der Waals surface area contributed by atoms with Crippen molar-refractivity contribution in [2.24, 2.45) is 0 Å². The van der Waals surface area contributed by atoms with Gasteiger partial charge in [-0.2, -0.15) is 0 Å². The van der Waals surface area contributed by atoms with E-state index in [1.807, 2.05) is 0 Å². The van der Waals surface area contributed by atoms with Gasteiger partial charge in [0.2, 0.25) is 5.91 Å². The Morgan fingerprint density at radius 2 is 0.945 bits per heavy atom. The van der Waals surface area contributed by atoms with Gasteiger partial charge in [0.05, 0.1) is 26.4 Å². The lowest BCUT2D eigenvalue weighted by Gasteiger charge is -2.20. The molecule has 0 spiro atoms. The third kappa shape index (κ3) is 45.7. The molecule has 0 radical (unpaired) electrons. The van der Waals surface area contributed by atoms with Crippen LogP contribution in [0.15, 0.2) is 12.2 Å². The summed E-state index contributed by atoms with van der Waals surface area (Å²) in [5.74, 6) is -2.23. The maximum Gasteiger partial charge on any atom is 0.472 e. The summed E-state index contributed by atoms with van der Waals surface area (Å²) >= 11 is 0. The van der Waals surface area contributed by atoms with Gasteiger partial charge in [-0.3, -0.25) is 37.9 Å². The van der Waals surface area contributed by atoms with E-state index in [2.05, 4.69) is 24.5 Å². The number of nitrogens with zero attached hydrogens (tertiary/aromatic N) is 1. The molecule has 1 rings (SSSR count). The fourth-order valence-corrected chi connectivity index (χ4v) is 8.74. The second kappa shape index (κ2) is 50.7. The number of hydrogen-bond acceptors (Lipinski definition) is 15. The normalized spacial score (nSPS) is 13.2. The molecule has 1 aliphatic heterocycles. The van der Waals surface area contributed by atoms with Crippen molar-refractivity contribution >= 4 is 43.6 Å². The number of carbonyl (C=O) groups excluding carboxylic acids is 6. The molecule has 2 atom stereocenters. The van der Waals surface area contributed by atoms with Crippen molar-refractivity contribution in [1.29, 1.82) is 0 Å². The van der Waals surface area contributed by atoms with Crippen LogP contribution in [0.25, 0.3) is 0 Å². The second-order valence-corrected chi connectivity index (χ2v) is 20.2. The molecule has 428 valence electrons. The molecule has 9 N–H and O–H groups in total. The molecule has 0 saturated carbocycles. The van der Waals surface area contributed by atoms with Gasteiger partial charge in [0, 0.05) is 51.0 Å². The molecule has 4 amide bonds. The molecule has 1 heterocycles. The summed E-state index contributed by atoms with van der Waals surface area (Å²) in [5, 5.41) is 4.97. The van der Waals surface area contributed by atoms with E-state index in [0.717, 1.165) is 55.6 Å². The number of imide groups is 1. The van der Waals surface area contributed by atoms with Crippen LogP contribution in [0.5, 0.6) is 0 Å². The lowest BCUT2D eigenvalue weighted by Crippen LogP contribution is -2.35. The van der Waals surface area contributed by atoms with E-state index in [9.17, 15) is 38.2 Å². The van der Waals surface area contributed by atoms with Crippen LogP contribution in [-0.4, -0.2) is 111 Å². The Labute approximate surface area is 439 Å². The van der Waals surface area contributed by atoms with Crippen molar-refractivity contribution in [1.82, 2.24) is 27.8 Å². The number of esters is 2. The lowest BCUT2D eigenvalue weighted by molar-refractivity contribution is -0.161. The summed E-state index contributed by atoms with van der Waals surface area (Å²) in [6, 6.07) is 0. The molecule has 0 aliphatic carbocycles. The molecule has 0 aromatic heterocycles. The quantitative estimate of drug-likeness (QED) is 0.0124. The largest absolute Gasteiger partial charge is 0.472 e. The number of nitrogens with one attached hydrogen (secondary N) is 2. The van der Waals surface area contributed by atoms with Crippen molar-refractivity contribution in [3.05, 3.63) is 12.2 Å². The third-order valence-corrected chi connectivity index (χ3v) is 13.2. The van der Waals surface area contributed by atoms with Crippen LogP contribution in [0.3, 0.4) is 0 Å². The Hall–Kier alpha value is -3.45. The predicted octanol–water partition coefficient (Wildman–Crippen LogP) is 11.6. The first-order chi connectivity index (χ1) is 34.5. The van der Waals surface area contributed by atoms with Crippen molar-refractivity contribution in [3.63, 3.8) is 0 Å². The molecule has 0 aromatic rings. The number of alkyl carbamates (subject to hydrolysis) is 1. The van der Waals surface area contributed by atoms with Crippen molar-refractivity contribution in [2.45, 2.75) is 232 Å². The molecular formula is C53H102N5O14P. The van der Waals surface area contributed by atoms with E-state index in [1.54, 1.807) is 0 Å². The highest BCUT2D eigenvalue weighted by Gasteiger charge is 2.27. The Morgan fingerprint density at radius 3 is 1.41 bits per heavy atom. The third-order valence-electron chi connectivity index (χ3n) is 12.2. The minimum absolute atomic E-state index is 0. The first kappa shape index (κ1) is 71.6. The maximum absolute atomic E-state index is 12.8. The number of phosphoric acid groups is 1. The standard InChI is InChI=1S/C53H96N3O14P.2H3N/c1-3-5-7-9-11-13-15-17-19-21-23-25-27-29-31-33-51(60)67-45-47(70-52(61)34-32-30-28-26-24-22-20-18-16-14-12-10-8-6-4-2)46-69-71(63,64)68-42-39-55-53(62)66-44-43-65-41-38-54-48(57)37-40-56-49(58)35-36-50(56)59;;/h35-36,47H,3-34,37-46H2,1-2H3,(H,54,57)(H,55,62)(H,63,64);2*1H3/t47-;;/m1../s1. The van der Waals surface area contributed by atoms with Crippen LogP contribution >= 0.6 is 7.82 Å². The molecule has 1 aliphatic rings. The van der Waals surface area contributed by atoms with Gasteiger partial charge in [-0.25, -0.2) is 9.36 Å². The fraction of sp³-hybridized carbons (Fsp3) is 0.849. The number of ether oxygens (including phenoxy) is 4. The molecule has 73 heavy (non-hydrogen) atoms. The average Bonchev–Trinajstić information content (AvgIpc) is 3.67. The Bertz CT molecular complexity index is 1470. The van der Waals surface area contributed by atoms with Gasteiger partial charge in [0.1, 0.15) is 13.2 Å². The van der Waals surface area contributed by atoms with Crippen LogP contribution in [0, 0.1) is 0 Å². The molecule has 0 saturated heterocycles. The van der Waals surface area contributed by atoms with Crippen LogP contribution in [-0.2, 0) is 56.5 Å². The molecule has 1 unspecified atom stereocenters. The number of unbranched alkanes of at least 4 members (excludes halogenated alkanes) is 28. The van der Waals surface area contributed by atoms with Crippen LogP contribution in [0.4, 0.5) is 4.79 Å². The molecule has 0 aromatic carbocycles. The highest BCUT2D eigenvalue weighted by Crippen LogP contribution is 2.43. The van der Waals surface area contributed by atoms with E-state index in [-0.39, 0.29) is 83.5 Å². The van der Waals surface area contributed by atoms with Gasteiger partial charge in [0.25, 0.3) is 11.8 Å². The van der Waals surface area contributed by atoms with E-state index in [4.69, 9.17) is 28.0 Å². The van der Waals surface area contributed by atoms with E-state index >= 15 is 0 Å². The first-order valence-corrected chi connectivity index (χ1v) is 29.2. The van der Waals surface area contributed by atoms with Crippen LogP contribution in [0.1, 0.15) is 226 Å². The zero-order valence-corrected chi connectivity index (χ0v) is 46.4. The summed E-state index contributed by atoms with van der Waals surface area (Å²) < 4.78 is 44.1. The Kier molecular flexibility index (Phi) is 49.7. The topological polar surface area (TPSA) is 292 Å². The maximum atomic E-state index is 12.8. The SMILES string of the molecule is CCCCCCCCCCCCCCCCCC(=O)OC[C@H](COP(=O)(O)OCCNC(=O)OCCOCCNC(=O)CCN1C(=O)C=CC1=O)OC(=O)CCCCCCCCCCCCCCCCC.N.N. The number of amides is 4. The van der Waals surface area contributed by atoms with Gasteiger partial charge in [0.15, 0.2) is 6.10 Å². The molecule has 0 bridgehead atoms. The summed E-state index contributed by atoms with van der Waals surface area (Å²) in [7, 11) is -4.67. The van der Waals surface area contributed by atoms with Gasteiger partial charge in [-0.15, -0.1) is 0 Å². The average molecular weight is 1060 g/mol. The van der Waals surface area contributed by atoms with Crippen molar-refractivity contribution in [3.8, 4) is 0 Å². The van der Waals surface area contributed by atoms with Gasteiger partial charge in [-0.05, 0) is 12.8 Å². The molecular weight excluding hydrogens is 962 g/mol. The minimum atomic E-state index is -4.67. The summed E-state index contributed by atoms with van der Waals surface area (Å²) in [5.41, 5.74) is 0. The first-order valence-electron chi connectivity index (χ1n) is 27.7. The van der Waals surface area contributed by atoms with Crippen LogP contribution in [0.2, 0.25) is 0 Å². The summed E-state index contributed by atoms with van der Waals surface area (Å²) in [6.45, 7) is 3.18. The molecule has 19 nitrogen and oxygen atoms in total. The Morgan fingerprint density at radius 1 is 0.521 bits per heavy atom. The zero-order chi connectivity index (χ0) is 51.9. The smallest absolute Gasteiger partial charge is 0.462 e. The molecule has 0 fully saturated rings. The minimum Gasteiger partial charge on any atom is -0.462 e. The molecule has 20 heteroatoms. The fourth-order valence-electron chi connectivity index (χ4n) is 7.99. The number of carbonyl (C=O) groups is 6. The highest BCUT2D eigenvalue weighted by atomic mass is 31.2. The number of rotatable bonds is 51. The second-order valence-electron chi connectivity index (χ2n) is 18.7. The van der Waals surface area contributed by atoms with Crippen molar-refractivity contribution < 1.29 is 66.2 Å². The van der Waals surface area contributed by atoms with E-state index < -0.39 is 57.0 Å². The lowest BCUT2D eigenvalue weighted by atomic mass is 10.0. The van der Waals surface area contributed by atoms with Gasteiger partial charge in [-0.1, -0.05) is 194 Å². The van der Waals surface area contributed by atoms with Gasteiger partial charge >= 0.3 is 25.9 Å². The van der Waals surface area contributed by atoms with E-state index in [0.29, 0.717) is 12.8 Å². The monoisotopic (exact) mass is 1060 g/mol. The summed E-state index contributed by atoms with van der Waals surface area (Å²) in [6.07, 6.45) is 37.0. The van der Waals surface area contributed by atoms with Crippen LogP contribution < -0.4 is 22.9 Å². The van der Waals surface area contributed by atoms with E-state index in [1.165, 1.54) is 141 Å². The van der Waals surface area contributed by atoms with Gasteiger partial charge < -0.3 is 46.8 Å². The zero-order valence-electron chi connectivity index (χ0n) is 45.5. The Balaban J connectivity index is 0. The number of phosphoric ester groups is 1. The predicted molar refractivity (Wildman–Crippen MR) is 285 cm³/mol. The number of hydrogen-bond donors (Lipinski definition) is 5. The van der Waals surface area contributed by atoms with Crippen molar-refractivity contribution in [2.75, 3.05) is 59.3 Å². The summed E-state index contributed by atoms with van der Waals surface area (Å²) in [4.78, 5) is 83.8.